The van der Waals surface area contributed by atoms with E-state index in [0.29, 0.717) is 85.7 Å². The molecule has 1 fully saturated rings. The highest BCUT2D eigenvalue weighted by molar-refractivity contribution is 5.96. The van der Waals surface area contributed by atoms with Crippen molar-refractivity contribution < 1.29 is 91.6 Å². The fourth-order valence-corrected chi connectivity index (χ4v) is 6.28. The van der Waals surface area contributed by atoms with Gasteiger partial charge in [-0.3, -0.25) is 38.4 Å². The van der Waals surface area contributed by atoms with Gasteiger partial charge in [-0.1, -0.05) is 19.8 Å². The van der Waals surface area contributed by atoms with Crippen LogP contribution in [0.15, 0.2) is 0 Å². The molecule has 25 nitrogen and oxygen atoms in total. The third kappa shape index (κ3) is 30.9. The summed E-state index contributed by atoms with van der Waals surface area (Å²) in [5.74, 6) is -4.93. The molecule has 0 aromatic carbocycles. The number of hydrogen-bond acceptors (Lipinski definition) is 17. The minimum atomic E-state index is -1.66. The second-order valence-corrected chi connectivity index (χ2v) is 15.8. The van der Waals surface area contributed by atoms with Gasteiger partial charge in [-0.05, 0) is 38.5 Å². The zero-order valence-corrected chi connectivity index (χ0v) is 40.0. The molecule has 69 heavy (non-hydrogen) atoms. The monoisotopic (exact) mass is 991 g/mol. The lowest BCUT2D eigenvalue weighted by Crippen LogP contribution is -2.60. The Balaban J connectivity index is 2.46. The summed E-state index contributed by atoms with van der Waals surface area (Å²) in [4.78, 5) is 102. The Labute approximate surface area is 403 Å². The van der Waals surface area contributed by atoms with Crippen LogP contribution in [0.4, 0.5) is 0 Å². The van der Waals surface area contributed by atoms with E-state index in [1.54, 1.807) is 0 Å². The lowest BCUT2D eigenvalue weighted by molar-refractivity contribution is -0.143. The molecular weight excluding hydrogens is 917 g/mol. The van der Waals surface area contributed by atoms with Gasteiger partial charge in [-0.15, -0.1) is 6.42 Å². The Morgan fingerprint density at radius 1 is 0.609 bits per heavy atom. The Bertz CT molecular complexity index is 1580. The minimum Gasteiger partial charge on any atom is -0.481 e. The SMILES string of the molecule is C#CCOCCOCCOCCOCCOCCOCCOCCOCCC(=O)N[C@@H](CC(C)C)C(=O)N1CCC[C@H]1C(=O)N[C@@H](CCC(=O)O)C(=O)N[C@H](C(=O)NCC(=O)NCC(=O)O)[C@@H](C)O. The summed E-state index contributed by atoms with van der Waals surface area (Å²) in [6, 6.07) is -5.26. The number of aliphatic carboxylic acids is 2. The molecule has 25 heteroatoms. The van der Waals surface area contributed by atoms with E-state index in [4.69, 9.17) is 49.4 Å². The van der Waals surface area contributed by atoms with Crippen molar-refractivity contribution in [2.45, 2.75) is 89.6 Å². The van der Waals surface area contributed by atoms with Crippen LogP contribution in [0.1, 0.15) is 59.3 Å². The van der Waals surface area contributed by atoms with Crippen LogP contribution in [-0.4, -0.2) is 223 Å². The molecule has 0 aromatic rings. The van der Waals surface area contributed by atoms with Crippen molar-refractivity contribution in [3.05, 3.63) is 0 Å². The molecule has 0 aromatic heterocycles. The van der Waals surface area contributed by atoms with Gasteiger partial charge in [0.2, 0.25) is 35.4 Å². The van der Waals surface area contributed by atoms with Crippen molar-refractivity contribution >= 4 is 47.4 Å². The number of likely N-dealkylation sites (tertiary alicyclic amines) is 1. The number of ether oxygens (including phenoxy) is 8. The van der Waals surface area contributed by atoms with Crippen LogP contribution < -0.4 is 26.6 Å². The van der Waals surface area contributed by atoms with Gasteiger partial charge in [0.05, 0.1) is 112 Å². The molecule has 0 aliphatic carbocycles. The van der Waals surface area contributed by atoms with E-state index in [1.807, 2.05) is 19.2 Å². The van der Waals surface area contributed by atoms with Crippen molar-refractivity contribution in [1.29, 1.82) is 0 Å². The largest absolute Gasteiger partial charge is 0.481 e. The molecule has 0 unspecified atom stereocenters. The van der Waals surface area contributed by atoms with Gasteiger partial charge in [0, 0.05) is 19.4 Å². The van der Waals surface area contributed by atoms with Gasteiger partial charge in [0.15, 0.2) is 0 Å². The number of aliphatic hydroxyl groups excluding tert-OH is 1. The summed E-state index contributed by atoms with van der Waals surface area (Å²) < 4.78 is 43.3. The number of carbonyl (C=O) groups is 8. The highest BCUT2D eigenvalue weighted by Gasteiger charge is 2.39. The molecule has 1 rings (SSSR count). The number of nitrogens with zero attached hydrogens (tertiary/aromatic N) is 1. The summed E-state index contributed by atoms with van der Waals surface area (Å²) in [5.41, 5.74) is 0. The number of aliphatic hydroxyl groups is 1. The topological polar surface area (TPSA) is 334 Å². The number of carboxylic acids is 2. The van der Waals surface area contributed by atoms with E-state index in [2.05, 4.69) is 27.2 Å². The molecule has 5 atom stereocenters. The average Bonchev–Trinajstić information content (AvgIpc) is 3.80. The summed E-state index contributed by atoms with van der Waals surface area (Å²) in [6.07, 6.45) is 3.37. The normalized spacial score (nSPS) is 15.1. The van der Waals surface area contributed by atoms with Crippen LogP contribution in [0.25, 0.3) is 0 Å². The minimum absolute atomic E-state index is 0.0354. The molecule has 8 N–H and O–H groups in total. The van der Waals surface area contributed by atoms with Crippen LogP contribution in [0.2, 0.25) is 0 Å². The molecule has 0 spiro atoms. The fraction of sp³-hybridized carbons (Fsp3) is 0.773. The first-order chi connectivity index (χ1) is 33.1. The van der Waals surface area contributed by atoms with Crippen molar-refractivity contribution in [2.24, 2.45) is 5.92 Å². The van der Waals surface area contributed by atoms with Crippen molar-refractivity contribution in [2.75, 3.05) is 125 Å². The van der Waals surface area contributed by atoms with E-state index >= 15 is 0 Å². The number of carboxylic acid groups (broad SMARTS) is 2. The number of terminal acetylenes is 1. The lowest BCUT2D eigenvalue weighted by Gasteiger charge is -2.31. The van der Waals surface area contributed by atoms with Crippen LogP contribution in [0.3, 0.4) is 0 Å². The smallest absolute Gasteiger partial charge is 0.322 e. The molecule has 0 radical (unpaired) electrons. The zero-order valence-electron chi connectivity index (χ0n) is 40.0. The molecule has 6 amide bonds. The van der Waals surface area contributed by atoms with Gasteiger partial charge in [-0.25, -0.2) is 0 Å². The predicted octanol–water partition coefficient (Wildman–Crippen LogP) is -2.80. The summed E-state index contributed by atoms with van der Waals surface area (Å²) in [7, 11) is 0. The first-order valence-corrected chi connectivity index (χ1v) is 23.0. The summed E-state index contributed by atoms with van der Waals surface area (Å²) in [6.45, 7) is 9.45. The van der Waals surface area contributed by atoms with Gasteiger partial charge >= 0.3 is 11.9 Å². The van der Waals surface area contributed by atoms with Crippen molar-refractivity contribution in [3.8, 4) is 12.3 Å². The van der Waals surface area contributed by atoms with Gasteiger partial charge in [-0.2, -0.15) is 0 Å². The lowest BCUT2D eigenvalue weighted by atomic mass is 10.0. The molecule has 1 aliphatic heterocycles. The van der Waals surface area contributed by atoms with Gasteiger partial charge in [0.25, 0.3) is 0 Å². The van der Waals surface area contributed by atoms with Crippen LogP contribution in [-0.2, 0) is 76.3 Å². The Hall–Kier alpha value is -5.04. The van der Waals surface area contributed by atoms with E-state index < -0.39 is 104 Å². The van der Waals surface area contributed by atoms with Crippen molar-refractivity contribution in [3.63, 3.8) is 0 Å². The first kappa shape index (κ1) is 62.0. The maximum Gasteiger partial charge on any atom is 0.322 e. The predicted molar refractivity (Wildman–Crippen MR) is 242 cm³/mol. The third-order valence-corrected chi connectivity index (χ3v) is 9.64. The third-order valence-electron chi connectivity index (χ3n) is 9.64. The molecule has 1 heterocycles. The maximum absolute atomic E-state index is 13.9. The van der Waals surface area contributed by atoms with E-state index in [-0.39, 0.29) is 58.2 Å². The van der Waals surface area contributed by atoms with E-state index in [0.717, 1.165) is 0 Å². The summed E-state index contributed by atoms with van der Waals surface area (Å²) >= 11 is 0. The van der Waals surface area contributed by atoms with Crippen molar-refractivity contribution in [1.82, 2.24) is 31.5 Å². The molecule has 0 saturated carbocycles. The van der Waals surface area contributed by atoms with E-state index in [9.17, 15) is 48.6 Å². The number of amides is 6. The number of nitrogens with one attached hydrogen (secondary N) is 5. The van der Waals surface area contributed by atoms with Crippen LogP contribution in [0, 0.1) is 18.3 Å². The zero-order chi connectivity index (χ0) is 51.2. The fourth-order valence-electron chi connectivity index (χ4n) is 6.28. The Kier molecular flexibility index (Phi) is 34.8. The Morgan fingerprint density at radius 3 is 1.58 bits per heavy atom. The van der Waals surface area contributed by atoms with Crippen LogP contribution in [0.5, 0.6) is 0 Å². The van der Waals surface area contributed by atoms with Gasteiger partial charge < -0.3 is 84.7 Å². The average molecular weight is 991 g/mol. The number of hydrogen-bond donors (Lipinski definition) is 8. The Morgan fingerprint density at radius 2 is 1.12 bits per heavy atom. The first-order valence-electron chi connectivity index (χ1n) is 23.0. The molecule has 1 aliphatic rings. The maximum atomic E-state index is 13.9. The van der Waals surface area contributed by atoms with Gasteiger partial charge in [0.1, 0.15) is 37.3 Å². The molecular formula is C44H74N6O19. The van der Waals surface area contributed by atoms with E-state index in [1.165, 1.54) is 11.8 Å². The standard InChI is InChI=1S/C44H74N6O19/c1-5-12-62-14-16-64-18-20-66-22-24-68-26-27-69-25-23-67-21-19-65-17-15-63-13-10-36(52)47-34(28-31(2)3)44(61)50-11-6-7-35(50)42(59)48-33(8-9-38(54)55)41(58)49-40(32(4)51)43(60)46-29-37(53)45-30-39(56)57/h1,31-35,40,51H,6-30H2,2-4H3,(H,45,53)(H,46,60)(H,47,52)(H,48,59)(H,49,58)(H,54,55)(H,56,57)/t32-,33+,34+,35+,40+/m1/s1. The highest BCUT2D eigenvalue weighted by Crippen LogP contribution is 2.21. The highest BCUT2D eigenvalue weighted by atomic mass is 16.6. The quantitative estimate of drug-likeness (QED) is 0.0226. The second kappa shape index (κ2) is 38.8. The molecule has 1 saturated heterocycles. The van der Waals surface area contributed by atoms with Crippen LogP contribution >= 0.6 is 0 Å². The number of rotatable bonds is 42. The second-order valence-electron chi connectivity index (χ2n) is 15.8. The summed E-state index contributed by atoms with van der Waals surface area (Å²) in [5, 5.41) is 40.0. The molecule has 0 bridgehead atoms. The molecule has 394 valence electrons. The number of carbonyl (C=O) groups excluding carboxylic acids is 6.